The smallest absolute Gasteiger partial charge is 0.0128 e. The van der Waals surface area contributed by atoms with E-state index in [0.717, 1.165) is 12.6 Å². The van der Waals surface area contributed by atoms with Crippen molar-refractivity contribution in [2.24, 2.45) is 5.92 Å². The van der Waals surface area contributed by atoms with E-state index in [9.17, 15) is 0 Å². The fraction of sp³-hybridized carbons (Fsp3) is 0.263. The van der Waals surface area contributed by atoms with E-state index in [1.54, 1.807) is 0 Å². The summed E-state index contributed by atoms with van der Waals surface area (Å²) in [5.41, 5.74) is 5.28. The fourth-order valence-electron chi connectivity index (χ4n) is 2.19. The SMILES string of the molecule is Br.CC(C)Cc1ccc(/C=C/c2ccc(CP)cc2)cc1. The van der Waals surface area contributed by atoms with Crippen molar-refractivity contribution in [3.05, 3.63) is 70.8 Å². The average Bonchev–Trinajstić information content (AvgIpc) is 2.46. The van der Waals surface area contributed by atoms with Gasteiger partial charge in [0.1, 0.15) is 0 Å². The second-order valence-corrected chi connectivity index (χ2v) is 6.03. The molecule has 0 saturated carbocycles. The maximum absolute atomic E-state index is 2.75. The normalized spacial score (nSPS) is 10.9. The van der Waals surface area contributed by atoms with Gasteiger partial charge in [-0.2, -0.15) is 0 Å². The molecule has 0 fully saturated rings. The Balaban J connectivity index is 0.00000220. The Bertz CT molecular complexity index is 553. The van der Waals surface area contributed by atoms with Gasteiger partial charge in [-0.3, -0.25) is 0 Å². The van der Waals surface area contributed by atoms with Crippen molar-refractivity contribution in [1.29, 1.82) is 0 Å². The molecule has 0 saturated heterocycles. The Morgan fingerprint density at radius 1 is 0.810 bits per heavy atom. The number of hydrogen-bond acceptors (Lipinski definition) is 0. The molecule has 0 aliphatic rings. The summed E-state index contributed by atoms with van der Waals surface area (Å²) in [5, 5.41) is 0. The first-order valence-corrected chi connectivity index (χ1v) is 8.05. The van der Waals surface area contributed by atoms with Gasteiger partial charge in [0.15, 0.2) is 0 Å². The van der Waals surface area contributed by atoms with E-state index in [1.165, 1.54) is 22.3 Å². The topological polar surface area (TPSA) is 0 Å². The monoisotopic (exact) mass is 362 g/mol. The van der Waals surface area contributed by atoms with Gasteiger partial charge in [-0.05, 0) is 40.8 Å². The van der Waals surface area contributed by atoms with Crippen molar-refractivity contribution < 1.29 is 0 Å². The van der Waals surface area contributed by atoms with Gasteiger partial charge in [-0.15, -0.1) is 26.2 Å². The Kier molecular flexibility index (Phi) is 7.93. The highest BCUT2D eigenvalue weighted by atomic mass is 79.9. The van der Waals surface area contributed by atoms with Crippen molar-refractivity contribution in [1.82, 2.24) is 0 Å². The zero-order valence-corrected chi connectivity index (χ0v) is 15.6. The van der Waals surface area contributed by atoms with Crippen molar-refractivity contribution in [3.8, 4) is 0 Å². The van der Waals surface area contributed by atoms with E-state index in [1.807, 2.05) is 0 Å². The molecule has 0 nitrogen and oxygen atoms in total. The molecule has 2 aromatic carbocycles. The molecular weight excluding hydrogens is 339 g/mol. The first-order chi connectivity index (χ1) is 9.67. The summed E-state index contributed by atoms with van der Waals surface area (Å²) < 4.78 is 0. The fourth-order valence-corrected chi connectivity index (χ4v) is 2.47. The van der Waals surface area contributed by atoms with Crippen LogP contribution in [0.25, 0.3) is 12.2 Å². The van der Waals surface area contributed by atoms with Gasteiger partial charge in [0.05, 0.1) is 0 Å². The lowest BCUT2D eigenvalue weighted by atomic mass is 10.0. The van der Waals surface area contributed by atoms with Crippen LogP contribution in [0.1, 0.15) is 36.1 Å². The van der Waals surface area contributed by atoms with E-state index in [2.05, 4.69) is 83.8 Å². The Hall–Kier alpha value is -0.910. The summed E-state index contributed by atoms with van der Waals surface area (Å²) in [6, 6.07) is 17.6. The van der Waals surface area contributed by atoms with Crippen LogP contribution in [0.2, 0.25) is 0 Å². The van der Waals surface area contributed by atoms with Gasteiger partial charge >= 0.3 is 0 Å². The van der Waals surface area contributed by atoms with Crippen LogP contribution < -0.4 is 0 Å². The van der Waals surface area contributed by atoms with E-state index in [4.69, 9.17) is 0 Å². The van der Waals surface area contributed by atoms with Gasteiger partial charge < -0.3 is 0 Å². The van der Waals surface area contributed by atoms with Gasteiger partial charge in [0.2, 0.25) is 0 Å². The van der Waals surface area contributed by atoms with E-state index < -0.39 is 0 Å². The van der Waals surface area contributed by atoms with Gasteiger partial charge in [0.25, 0.3) is 0 Å². The molecule has 0 aliphatic heterocycles. The molecule has 0 aliphatic carbocycles. The summed E-state index contributed by atoms with van der Waals surface area (Å²) in [5.74, 6) is 0.714. The van der Waals surface area contributed by atoms with Crippen molar-refractivity contribution in [2.45, 2.75) is 26.4 Å². The van der Waals surface area contributed by atoms with Crippen molar-refractivity contribution in [3.63, 3.8) is 0 Å². The largest absolute Gasteiger partial charge is 0.133 e. The van der Waals surface area contributed by atoms with Gasteiger partial charge in [-0.25, -0.2) is 0 Å². The lowest BCUT2D eigenvalue weighted by Gasteiger charge is -2.04. The number of halogens is 1. The number of benzene rings is 2. The molecule has 1 atom stereocenters. The predicted octanol–water partition coefficient (Wildman–Crippen LogP) is 6.01. The predicted molar refractivity (Wildman–Crippen MR) is 104 cm³/mol. The molecule has 112 valence electrons. The molecule has 0 amide bonds. The summed E-state index contributed by atoms with van der Waals surface area (Å²) in [7, 11) is 2.75. The zero-order chi connectivity index (χ0) is 14.4. The third kappa shape index (κ3) is 6.16. The summed E-state index contributed by atoms with van der Waals surface area (Å²) in [6.45, 7) is 4.51. The molecule has 2 rings (SSSR count). The third-order valence-electron chi connectivity index (χ3n) is 3.31. The van der Waals surface area contributed by atoms with Crippen LogP contribution in [0.5, 0.6) is 0 Å². The lowest BCUT2D eigenvalue weighted by Crippen LogP contribution is -1.93. The molecule has 1 unspecified atom stereocenters. The summed E-state index contributed by atoms with van der Waals surface area (Å²) in [6.07, 6.45) is 6.51. The van der Waals surface area contributed by atoms with Crippen LogP contribution >= 0.6 is 26.2 Å². The molecular formula is C19H24BrP. The van der Waals surface area contributed by atoms with E-state index >= 15 is 0 Å². The Morgan fingerprint density at radius 3 is 1.62 bits per heavy atom. The van der Waals surface area contributed by atoms with E-state index in [0.29, 0.717) is 5.92 Å². The minimum atomic E-state index is 0. The maximum Gasteiger partial charge on any atom is -0.0128 e. The molecule has 0 N–H and O–H groups in total. The molecule has 0 spiro atoms. The Labute approximate surface area is 141 Å². The van der Waals surface area contributed by atoms with Crippen molar-refractivity contribution in [2.75, 3.05) is 0 Å². The standard InChI is InChI=1S/C19H23P.BrH/c1-15(2)13-18-9-5-16(6-10-18)3-4-17-7-11-19(14-20)12-8-17;/h3-12,15H,13-14,20H2,1-2H3;1H/b4-3+;. The molecule has 21 heavy (non-hydrogen) atoms. The molecule has 0 heterocycles. The first kappa shape index (κ1) is 18.1. The maximum atomic E-state index is 2.75. The highest BCUT2D eigenvalue weighted by Crippen LogP contribution is 2.14. The third-order valence-corrected chi connectivity index (χ3v) is 3.78. The van der Waals surface area contributed by atoms with E-state index in [-0.39, 0.29) is 17.0 Å². The quantitative estimate of drug-likeness (QED) is 0.451. The zero-order valence-electron chi connectivity index (χ0n) is 12.8. The van der Waals surface area contributed by atoms with Crippen LogP contribution in [-0.4, -0.2) is 0 Å². The van der Waals surface area contributed by atoms with Gasteiger partial charge in [-0.1, -0.05) is 74.5 Å². The summed E-state index contributed by atoms with van der Waals surface area (Å²) in [4.78, 5) is 0. The number of rotatable bonds is 5. The molecule has 0 aromatic heterocycles. The van der Waals surface area contributed by atoms with Gasteiger partial charge in [0, 0.05) is 0 Å². The molecule has 2 aromatic rings. The Morgan fingerprint density at radius 2 is 1.24 bits per heavy atom. The molecule has 0 radical (unpaired) electrons. The number of hydrogen-bond donors (Lipinski definition) is 0. The second-order valence-electron chi connectivity index (χ2n) is 5.62. The van der Waals surface area contributed by atoms with Crippen LogP contribution in [0.4, 0.5) is 0 Å². The minimum Gasteiger partial charge on any atom is -0.133 e. The van der Waals surface area contributed by atoms with Crippen LogP contribution in [0.15, 0.2) is 48.5 Å². The first-order valence-electron chi connectivity index (χ1n) is 7.23. The van der Waals surface area contributed by atoms with Crippen molar-refractivity contribution >= 4 is 38.4 Å². The average molecular weight is 363 g/mol. The highest BCUT2D eigenvalue weighted by Gasteiger charge is 1.97. The summed E-state index contributed by atoms with van der Waals surface area (Å²) >= 11 is 0. The molecule has 0 bridgehead atoms. The van der Waals surface area contributed by atoms with Crippen LogP contribution in [0.3, 0.4) is 0 Å². The van der Waals surface area contributed by atoms with Crippen LogP contribution in [-0.2, 0) is 12.6 Å². The highest BCUT2D eigenvalue weighted by molar-refractivity contribution is 8.93. The second kappa shape index (κ2) is 9.18. The minimum absolute atomic E-state index is 0. The molecule has 2 heteroatoms. The van der Waals surface area contributed by atoms with Crippen LogP contribution in [0, 0.1) is 5.92 Å². The lowest BCUT2D eigenvalue weighted by molar-refractivity contribution is 0.647.